The van der Waals surface area contributed by atoms with Gasteiger partial charge in [0.1, 0.15) is 0 Å². The molecule has 0 spiro atoms. The van der Waals surface area contributed by atoms with Crippen LogP contribution < -0.4 is 0 Å². The van der Waals surface area contributed by atoms with Crippen molar-refractivity contribution in [3.05, 3.63) is 0 Å². The second-order valence-electron chi connectivity index (χ2n) is 3.11. The van der Waals surface area contributed by atoms with Crippen molar-refractivity contribution in [3.63, 3.8) is 0 Å². The van der Waals surface area contributed by atoms with Gasteiger partial charge in [0.2, 0.25) is 0 Å². The minimum atomic E-state index is -0.871. The molecule has 0 amide bonds. The van der Waals surface area contributed by atoms with E-state index in [2.05, 4.69) is 0 Å². The molecular formula is C8H14O3. The minimum Gasteiger partial charge on any atom is -0.479 e. The van der Waals surface area contributed by atoms with Crippen molar-refractivity contribution < 1.29 is 14.6 Å². The second-order valence-corrected chi connectivity index (χ2v) is 3.11. The summed E-state index contributed by atoms with van der Waals surface area (Å²) in [5.74, 6) is -0.249. The lowest BCUT2D eigenvalue weighted by molar-refractivity contribution is -0.150. The molecule has 0 aromatic rings. The average molecular weight is 158 g/mol. The number of rotatable bonds is 4. The quantitative estimate of drug-likeness (QED) is 0.670. The van der Waals surface area contributed by atoms with Gasteiger partial charge in [0.25, 0.3) is 0 Å². The van der Waals surface area contributed by atoms with Gasteiger partial charge >= 0.3 is 5.97 Å². The topological polar surface area (TPSA) is 46.5 Å². The van der Waals surface area contributed by atoms with Gasteiger partial charge in [-0.15, -0.1) is 0 Å². The summed E-state index contributed by atoms with van der Waals surface area (Å²) in [5, 5.41) is 8.46. The maximum atomic E-state index is 10.3. The minimum absolute atomic E-state index is 0.619. The number of hydrogen-bond acceptors (Lipinski definition) is 2. The Balaban J connectivity index is 2.05. The zero-order valence-corrected chi connectivity index (χ0v) is 6.75. The van der Waals surface area contributed by atoms with E-state index in [1.54, 1.807) is 6.92 Å². The van der Waals surface area contributed by atoms with E-state index in [-0.39, 0.29) is 0 Å². The first-order valence-electron chi connectivity index (χ1n) is 4.04. The molecule has 1 aliphatic rings. The molecule has 1 rings (SSSR count). The van der Waals surface area contributed by atoms with Gasteiger partial charge in [0, 0.05) is 0 Å². The number of carboxylic acid groups (broad SMARTS) is 1. The zero-order chi connectivity index (χ0) is 8.27. The highest BCUT2D eigenvalue weighted by Crippen LogP contribution is 2.26. The van der Waals surface area contributed by atoms with Gasteiger partial charge in [-0.05, 0) is 25.7 Å². The Kier molecular flexibility index (Phi) is 2.88. The first-order chi connectivity index (χ1) is 5.20. The fourth-order valence-electron chi connectivity index (χ4n) is 1.01. The Morgan fingerprint density at radius 3 is 2.73 bits per heavy atom. The standard InChI is InChI=1S/C8H14O3/c1-6(8(9)10)11-5-7-3-2-4-7/h6-7H,2-5H2,1H3,(H,9,10)/t6-/m1/s1. The average Bonchev–Trinajstić information content (AvgIpc) is 1.83. The van der Waals surface area contributed by atoms with Crippen LogP contribution in [-0.2, 0) is 9.53 Å². The van der Waals surface area contributed by atoms with Crippen LogP contribution in [0.15, 0.2) is 0 Å². The Bertz CT molecular complexity index is 140. The van der Waals surface area contributed by atoms with Crippen molar-refractivity contribution in [2.75, 3.05) is 6.61 Å². The lowest BCUT2D eigenvalue weighted by Crippen LogP contribution is -2.25. The van der Waals surface area contributed by atoms with Crippen LogP contribution >= 0.6 is 0 Å². The summed E-state index contributed by atoms with van der Waals surface area (Å²) in [7, 11) is 0. The predicted molar refractivity (Wildman–Crippen MR) is 40.4 cm³/mol. The van der Waals surface area contributed by atoms with Crippen molar-refractivity contribution in [2.24, 2.45) is 5.92 Å². The summed E-state index contributed by atoms with van der Waals surface area (Å²) in [6.45, 7) is 2.19. The van der Waals surface area contributed by atoms with Gasteiger partial charge in [0.15, 0.2) is 6.10 Å². The SMILES string of the molecule is C[C@@H](OCC1CCC1)C(=O)O. The van der Waals surface area contributed by atoms with Crippen LogP contribution in [0.3, 0.4) is 0 Å². The molecule has 0 saturated heterocycles. The van der Waals surface area contributed by atoms with Crippen molar-refractivity contribution in [2.45, 2.75) is 32.3 Å². The molecule has 0 radical (unpaired) electrons. The van der Waals surface area contributed by atoms with Crippen molar-refractivity contribution in [1.82, 2.24) is 0 Å². The van der Waals surface area contributed by atoms with Crippen LogP contribution in [-0.4, -0.2) is 23.8 Å². The van der Waals surface area contributed by atoms with Gasteiger partial charge in [-0.3, -0.25) is 0 Å². The summed E-state index contributed by atoms with van der Waals surface area (Å²) < 4.78 is 5.11. The first kappa shape index (κ1) is 8.53. The Labute approximate surface area is 66.4 Å². The number of carbonyl (C=O) groups is 1. The van der Waals surface area contributed by atoms with E-state index in [9.17, 15) is 4.79 Å². The number of aliphatic carboxylic acids is 1. The maximum Gasteiger partial charge on any atom is 0.332 e. The summed E-state index contributed by atoms with van der Waals surface area (Å²) in [4.78, 5) is 10.3. The van der Waals surface area contributed by atoms with E-state index in [4.69, 9.17) is 9.84 Å². The molecule has 0 aromatic heterocycles. The second kappa shape index (κ2) is 3.72. The molecule has 1 atom stereocenters. The van der Waals surface area contributed by atoms with Gasteiger partial charge in [-0.1, -0.05) is 6.42 Å². The summed E-state index contributed by atoms with van der Waals surface area (Å²) in [6.07, 6.45) is 3.03. The smallest absolute Gasteiger partial charge is 0.332 e. The van der Waals surface area contributed by atoms with Crippen LogP contribution in [0.2, 0.25) is 0 Å². The highest BCUT2D eigenvalue weighted by molar-refractivity contribution is 5.71. The lowest BCUT2D eigenvalue weighted by Gasteiger charge is -2.25. The third kappa shape index (κ3) is 2.50. The largest absolute Gasteiger partial charge is 0.479 e. The summed E-state index contributed by atoms with van der Waals surface area (Å²) in [6, 6.07) is 0. The highest BCUT2D eigenvalue weighted by atomic mass is 16.5. The highest BCUT2D eigenvalue weighted by Gasteiger charge is 2.20. The molecule has 11 heavy (non-hydrogen) atoms. The molecule has 3 heteroatoms. The monoisotopic (exact) mass is 158 g/mol. The van der Waals surface area contributed by atoms with Crippen LogP contribution in [0.1, 0.15) is 26.2 Å². The van der Waals surface area contributed by atoms with Crippen LogP contribution in [0.4, 0.5) is 0 Å². The fourth-order valence-corrected chi connectivity index (χ4v) is 1.01. The molecule has 1 fully saturated rings. The molecule has 64 valence electrons. The third-order valence-corrected chi connectivity index (χ3v) is 2.15. The Morgan fingerprint density at radius 1 is 1.73 bits per heavy atom. The van der Waals surface area contributed by atoms with Crippen LogP contribution in [0, 0.1) is 5.92 Å². The molecule has 0 aromatic carbocycles. The Morgan fingerprint density at radius 2 is 2.36 bits per heavy atom. The van der Waals surface area contributed by atoms with Crippen molar-refractivity contribution in [3.8, 4) is 0 Å². The van der Waals surface area contributed by atoms with E-state index < -0.39 is 12.1 Å². The van der Waals surface area contributed by atoms with Gasteiger partial charge in [-0.25, -0.2) is 4.79 Å². The first-order valence-corrected chi connectivity index (χ1v) is 4.04. The van der Waals surface area contributed by atoms with E-state index in [1.165, 1.54) is 19.3 Å². The normalized spacial score (nSPS) is 20.8. The zero-order valence-electron chi connectivity index (χ0n) is 6.75. The lowest BCUT2D eigenvalue weighted by atomic mass is 9.86. The molecule has 0 heterocycles. The molecule has 0 aliphatic heterocycles. The molecule has 0 unspecified atom stereocenters. The fraction of sp³-hybridized carbons (Fsp3) is 0.875. The molecule has 3 nitrogen and oxygen atoms in total. The van der Waals surface area contributed by atoms with E-state index in [0.717, 1.165) is 0 Å². The van der Waals surface area contributed by atoms with Gasteiger partial charge in [-0.2, -0.15) is 0 Å². The molecular weight excluding hydrogens is 144 g/mol. The summed E-state index contributed by atoms with van der Waals surface area (Å²) in [5.41, 5.74) is 0. The number of ether oxygens (including phenoxy) is 1. The van der Waals surface area contributed by atoms with Crippen LogP contribution in [0.5, 0.6) is 0 Å². The van der Waals surface area contributed by atoms with Crippen molar-refractivity contribution in [1.29, 1.82) is 0 Å². The van der Waals surface area contributed by atoms with Gasteiger partial charge < -0.3 is 9.84 Å². The summed E-state index contributed by atoms with van der Waals surface area (Å²) >= 11 is 0. The predicted octanol–water partition coefficient (Wildman–Crippen LogP) is 1.28. The van der Waals surface area contributed by atoms with Gasteiger partial charge in [0.05, 0.1) is 6.61 Å². The number of hydrogen-bond donors (Lipinski definition) is 1. The third-order valence-electron chi connectivity index (χ3n) is 2.15. The van der Waals surface area contributed by atoms with E-state index >= 15 is 0 Å². The number of carboxylic acids is 1. The molecule has 1 N–H and O–H groups in total. The molecule has 0 bridgehead atoms. The van der Waals surface area contributed by atoms with Crippen molar-refractivity contribution >= 4 is 5.97 Å². The van der Waals surface area contributed by atoms with E-state index in [0.29, 0.717) is 12.5 Å². The maximum absolute atomic E-state index is 10.3. The molecule has 1 aliphatic carbocycles. The van der Waals surface area contributed by atoms with Crippen LogP contribution in [0.25, 0.3) is 0 Å². The molecule has 1 saturated carbocycles. The van der Waals surface area contributed by atoms with E-state index in [1.807, 2.05) is 0 Å². The Hall–Kier alpha value is -0.570.